The second kappa shape index (κ2) is 7.19. The molecule has 1 aromatic rings. The van der Waals surface area contributed by atoms with E-state index in [-0.39, 0.29) is 0 Å². The fourth-order valence-electron chi connectivity index (χ4n) is 1.69. The van der Waals surface area contributed by atoms with E-state index >= 15 is 0 Å². The molecule has 0 saturated carbocycles. The molecule has 0 aliphatic rings. The van der Waals surface area contributed by atoms with Crippen molar-refractivity contribution in [2.45, 2.75) is 33.1 Å². The number of benzene rings is 1. The third-order valence-electron chi connectivity index (χ3n) is 2.65. The van der Waals surface area contributed by atoms with Crippen LogP contribution in [-0.2, 0) is 0 Å². The molecule has 0 heterocycles. The number of unbranched alkanes of at least 4 members (excludes halogenated alkanes) is 1. The Hall–Kier alpha value is -1.20. The summed E-state index contributed by atoms with van der Waals surface area (Å²) >= 11 is 5.95. The van der Waals surface area contributed by atoms with Crippen molar-refractivity contribution in [1.29, 1.82) is 5.26 Å². The van der Waals surface area contributed by atoms with E-state index in [1.807, 2.05) is 12.1 Å². The van der Waals surface area contributed by atoms with Crippen LogP contribution in [0.5, 0.6) is 0 Å². The summed E-state index contributed by atoms with van der Waals surface area (Å²) in [5.74, 6) is 0.760. The number of hydrogen-bond donors (Lipinski definition) is 1. The summed E-state index contributed by atoms with van der Waals surface area (Å²) in [4.78, 5) is 0. The van der Waals surface area contributed by atoms with Gasteiger partial charge in [-0.15, -0.1) is 0 Å². The van der Waals surface area contributed by atoms with Crippen molar-refractivity contribution in [3.8, 4) is 6.07 Å². The Morgan fingerprint density at radius 3 is 2.76 bits per heavy atom. The van der Waals surface area contributed by atoms with E-state index in [1.165, 1.54) is 12.8 Å². The molecule has 0 aliphatic carbocycles. The lowest BCUT2D eigenvalue weighted by Crippen LogP contribution is -2.04. The lowest BCUT2D eigenvalue weighted by atomic mass is 10.1. The van der Waals surface area contributed by atoms with E-state index in [0.717, 1.165) is 24.6 Å². The highest BCUT2D eigenvalue weighted by Crippen LogP contribution is 2.23. The second-order valence-corrected chi connectivity index (χ2v) is 5.00. The molecule has 0 radical (unpaired) electrons. The number of nitriles is 1. The molecule has 0 unspecified atom stereocenters. The number of nitrogens with one attached hydrogen (secondary N) is 1. The summed E-state index contributed by atoms with van der Waals surface area (Å²) in [6, 6.07) is 7.63. The Kier molecular flexibility index (Phi) is 5.86. The van der Waals surface area contributed by atoms with Crippen molar-refractivity contribution >= 4 is 17.3 Å². The molecule has 0 spiro atoms. The van der Waals surface area contributed by atoms with E-state index in [4.69, 9.17) is 16.9 Å². The maximum Gasteiger partial charge on any atom is 0.103 e. The number of anilines is 1. The topological polar surface area (TPSA) is 35.8 Å². The maximum atomic E-state index is 9.00. The normalized spacial score (nSPS) is 10.3. The van der Waals surface area contributed by atoms with Crippen LogP contribution < -0.4 is 5.32 Å². The number of rotatable bonds is 6. The largest absolute Gasteiger partial charge is 0.384 e. The molecule has 92 valence electrons. The zero-order valence-corrected chi connectivity index (χ0v) is 11.2. The van der Waals surface area contributed by atoms with Crippen LogP contribution in [0.2, 0.25) is 5.02 Å². The molecule has 0 aliphatic heterocycles. The van der Waals surface area contributed by atoms with E-state index in [2.05, 4.69) is 25.2 Å². The van der Waals surface area contributed by atoms with Gasteiger partial charge in [-0.3, -0.25) is 0 Å². The fourth-order valence-corrected chi connectivity index (χ4v) is 1.90. The van der Waals surface area contributed by atoms with Crippen LogP contribution in [0.25, 0.3) is 0 Å². The van der Waals surface area contributed by atoms with Crippen molar-refractivity contribution in [3.05, 3.63) is 28.8 Å². The molecule has 1 aromatic carbocycles. The van der Waals surface area contributed by atoms with Crippen molar-refractivity contribution < 1.29 is 0 Å². The van der Waals surface area contributed by atoms with Gasteiger partial charge in [-0.2, -0.15) is 5.26 Å². The molecule has 0 amide bonds. The summed E-state index contributed by atoms with van der Waals surface area (Å²) in [5.41, 5.74) is 1.38. The number of halogens is 1. The highest BCUT2D eigenvalue weighted by Gasteiger charge is 2.05. The zero-order chi connectivity index (χ0) is 12.7. The minimum Gasteiger partial charge on any atom is -0.384 e. The molecule has 3 heteroatoms. The quantitative estimate of drug-likeness (QED) is 0.757. The van der Waals surface area contributed by atoms with Crippen LogP contribution in [0.15, 0.2) is 18.2 Å². The van der Waals surface area contributed by atoms with E-state index in [0.29, 0.717) is 10.6 Å². The Bertz CT molecular complexity index is 394. The molecule has 0 fully saturated rings. The monoisotopic (exact) mass is 250 g/mol. The molecule has 0 atom stereocenters. The first-order valence-corrected chi connectivity index (χ1v) is 6.45. The average Bonchev–Trinajstić information content (AvgIpc) is 2.28. The summed E-state index contributed by atoms with van der Waals surface area (Å²) in [7, 11) is 0. The van der Waals surface area contributed by atoms with Gasteiger partial charge in [0.05, 0.1) is 16.3 Å². The predicted octanol–water partition coefficient (Wildman–Crippen LogP) is 4.45. The first kappa shape index (κ1) is 13.9. The molecule has 17 heavy (non-hydrogen) atoms. The minimum absolute atomic E-state index is 0.514. The van der Waals surface area contributed by atoms with Crippen molar-refractivity contribution in [2.24, 2.45) is 5.92 Å². The van der Waals surface area contributed by atoms with Gasteiger partial charge in [-0.05, 0) is 24.5 Å². The van der Waals surface area contributed by atoms with Gasteiger partial charge >= 0.3 is 0 Å². The smallest absolute Gasteiger partial charge is 0.103 e. The SMILES string of the molecule is CC(C)CCCCNc1cccc(Cl)c1C#N. The van der Waals surface area contributed by atoms with Crippen LogP contribution in [-0.4, -0.2) is 6.54 Å². The van der Waals surface area contributed by atoms with E-state index in [1.54, 1.807) is 6.07 Å². The first-order chi connectivity index (χ1) is 8.15. The summed E-state index contributed by atoms with van der Waals surface area (Å²) in [6.07, 6.45) is 3.59. The maximum absolute atomic E-state index is 9.00. The third-order valence-corrected chi connectivity index (χ3v) is 2.96. The van der Waals surface area contributed by atoms with Crippen molar-refractivity contribution in [3.63, 3.8) is 0 Å². The van der Waals surface area contributed by atoms with Gasteiger partial charge in [0.15, 0.2) is 0 Å². The fraction of sp³-hybridized carbons (Fsp3) is 0.500. The molecule has 0 aromatic heterocycles. The third kappa shape index (κ3) is 4.66. The lowest BCUT2D eigenvalue weighted by molar-refractivity contribution is 0.545. The molecule has 2 nitrogen and oxygen atoms in total. The van der Waals surface area contributed by atoms with E-state index in [9.17, 15) is 0 Å². The first-order valence-electron chi connectivity index (χ1n) is 6.07. The summed E-state index contributed by atoms with van der Waals surface area (Å²) in [6.45, 7) is 5.36. The number of hydrogen-bond acceptors (Lipinski definition) is 2. The zero-order valence-electron chi connectivity index (χ0n) is 10.5. The van der Waals surface area contributed by atoms with Crippen LogP contribution in [0.1, 0.15) is 38.7 Å². The average molecular weight is 251 g/mol. The minimum atomic E-state index is 0.514. The predicted molar refractivity (Wildman–Crippen MR) is 73.3 cm³/mol. The van der Waals surface area contributed by atoms with Crippen LogP contribution in [0.3, 0.4) is 0 Å². The van der Waals surface area contributed by atoms with Crippen LogP contribution >= 0.6 is 11.6 Å². The highest BCUT2D eigenvalue weighted by atomic mass is 35.5. The molecule has 1 rings (SSSR count). The second-order valence-electron chi connectivity index (χ2n) is 4.59. The van der Waals surface area contributed by atoms with E-state index < -0.39 is 0 Å². The van der Waals surface area contributed by atoms with Crippen LogP contribution in [0, 0.1) is 17.2 Å². The van der Waals surface area contributed by atoms with Gasteiger partial charge in [-0.1, -0.05) is 44.4 Å². The van der Waals surface area contributed by atoms with Gasteiger partial charge in [0.1, 0.15) is 6.07 Å². The lowest BCUT2D eigenvalue weighted by Gasteiger charge is -2.09. The van der Waals surface area contributed by atoms with Gasteiger partial charge in [0, 0.05) is 6.54 Å². The Morgan fingerprint density at radius 2 is 2.12 bits per heavy atom. The van der Waals surface area contributed by atoms with Gasteiger partial charge in [0.25, 0.3) is 0 Å². The van der Waals surface area contributed by atoms with Gasteiger partial charge < -0.3 is 5.32 Å². The van der Waals surface area contributed by atoms with Gasteiger partial charge in [-0.25, -0.2) is 0 Å². The molecule has 0 bridgehead atoms. The Morgan fingerprint density at radius 1 is 1.35 bits per heavy atom. The highest BCUT2D eigenvalue weighted by molar-refractivity contribution is 6.32. The summed E-state index contributed by atoms with van der Waals surface area (Å²) in [5, 5.41) is 12.8. The van der Waals surface area contributed by atoms with Crippen molar-refractivity contribution in [2.75, 3.05) is 11.9 Å². The Labute approximate surface area is 109 Å². The summed E-state index contributed by atoms with van der Waals surface area (Å²) < 4.78 is 0. The van der Waals surface area contributed by atoms with Crippen molar-refractivity contribution in [1.82, 2.24) is 0 Å². The molecular weight excluding hydrogens is 232 g/mol. The Balaban J connectivity index is 2.42. The molecule has 1 N–H and O–H groups in total. The molecular formula is C14H19ClN2. The standard InChI is InChI=1S/C14H19ClN2/c1-11(2)6-3-4-9-17-14-8-5-7-13(15)12(14)10-16/h5,7-8,11,17H,3-4,6,9H2,1-2H3. The number of nitrogens with zero attached hydrogens (tertiary/aromatic N) is 1. The van der Waals surface area contributed by atoms with Crippen LogP contribution in [0.4, 0.5) is 5.69 Å². The van der Waals surface area contributed by atoms with Gasteiger partial charge in [0.2, 0.25) is 0 Å². The molecule has 0 saturated heterocycles.